The number of rotatable bonds is 6. The molecule has 0 saturated heterocycles. The van der Waals surface area contributed by atoms with Gasteiger partial charge >= 0.3 is 12.0 Å². The zero-order chi connectivity index (χ0) is 14.3. The van der Waals surface area contributed by atoms with Crippen LogP contribution in [0.15, 0.2) is 24.3 Å². The maximum atomic E-state index is 11.6. The number of benzene rings is 1. The van der Waals surface area contributed by atoms with Crippen LogP contribution < -0.4 is 10.6 Å². The van der Waals surface area contributed by atoms with Gasteiger partial charge in [0.05, 0.1) is 18.2 Å². The molecule has 6 nitrogen and oxygen atoms in total. The number of ether oxygens (including phenoxy) is 1. The van der Waals surface area contributed by atoms with Gasteiger partial charge in [0.25, 0.3) is 0 Å². The van der Waals surface area contributed by atoms with Crippen molar-refractivity contribution in [2.45, 2.75) is 12.5 Å². The van der Waals surface area contributed by atoms with E-state index in [1.165, 1.54) is 7.11 Å². The number of anilines is 1. The van der Waals surface area contributed by atoms with Crippen LogP contribution in [0.25, 0.3) is 0 Å². The Morgan fingerprint density at radius 1 is 1.42 bits per heavy atom. The molecular formula is C12H15IN2O4. The van der Waals surface area contributed by atoms with E-state index < -0.39 is 18.1 Å². The van der Waals surface area contributed by atoms with Gasteiger partial charge in [-0.15, -0.1) is 0 Å². The Hall–Kier alpha value is -1.35. The molecule has 1 aromatic rings. The molecule has 0 aromatic heterocycles. The lowest BCUT2D eigenvalue weighted by Gasteiger charge is -2.14. The first-order valence-electron chi connectivity index (χ1n) is 5.57. The Balaban J connectivity index is 2.43. The summed E-state index contributed by atoms with van der Waals surface area (Å²) in [6, 6.07) is 6.96. The molecule has 3 N–H and O–H groups in total. The molecule has 1 unspecified atom stereocenters. The van der Waals surface area contributed by atoms with Gasteiger partial charge in [-0.2, -0.15) is 0 Å². The van der Waals surface area contributed by atoms with Crippen molar-refractivity contribution in [2.24, 2.45) is 0 Å². The molecule has 0 fully saturated rings. The summed E-state index contributed by atoms with van der Waals surface area (Å²) >= 11 is 2.11. The second-order valence-corrected chi connectivity index (χ2v) is 4.93. The van der Waals surface area contributed by atoms with E-state index in [0.717, 1.165) is 3.57 Å². The SMILES string of the molecule is COC(CNC(=O)Nc1ccccc1I)CC(=O)O. The topological polar surface area (TPSA) is 87.7 Å². The zero-order valence-electron chi connectivity index (χ0n) is 10.4. The van der Waals surface area contributed by atoms with Crippen LogP contribution in [0.3, 0.4) is 0 Å². The van der Waals surface area contributed by atoms with E-state index in [1.807, 2.05) is 18.2 Å². The summed E-state index contributed by atoms with van der Waals surface area (Å²) in [7, 11) is 1.41. The summed E-state index contributed by atoms with van der Waals surface area (Å²) in [5.41, 5.74) is 0.702. The molecule has 0 aliphatic heterocycles. The first-order valence-corrected chi connectivity index (χ1v) is 6.64. The number of methoxy groups -OCH3 is 1. The number of carboxylic acid groups (broad SMARTS) is 1. The predicted octanol–water partition coefficient (Wildman–Crippen LogP) is 1.90. The maximum absolute atomic E-state index is 11.6. The summed E-state index contributed by atoms with van der Waals surface area (Å²) in [6.07, 6.45) is -0.697. The number of hydrogen-bond donors (Lipinski definition) is 3. The molecule has 0 aliphatic rings. The highest BCUT2D eigenvalue weighted by Crippen LogP contribution is 2.16. The van der Waals surface area contributed by atoms with Gasteiger partial charge in [-0.1, -0.05) is 12.1 Å². The van der Waals surface area contributed by atoms with Crippen LogP contribution in [0, 0.1) is 3.57 Å². The van der Waals surface area contributed by atoms with E-state index in [2.05, 4.69) is 33.2 Å². The first kappa shape index (κ1) is 15.7. The van der Waals surface area contributed by atoms with Crippen LogP contribution in [-0.2, 0) is 9.53 Å². The number of carbonyl (C=O) groups is 2. The van der Waals surface area contributed by atoms with Crippen molar-refractivity contribution in [1.29, 1.82) is 0 Å². The molecule has 0 aliphatic carbocycles. The fraction of sp³-hybridized carbons (Fsp3) is 0.333. The van der Waals surface area contributed by atoms with Crippen LogP contribution in [0.2, 0.25) is 0 Å². The van der Waals surface area contributed by atoms with Crippen LogP contribution in [0.4, 0.5) is 10.5 Å². The summed E-state index contributed by atoms with van der Waals surface area (Å²) in [5, 5.41) is 13.9. The highest BCUT2D eigenvalue weighted by Gasteiger charge is 2.13. The average molecular weight is 378 g/mol. The molecule has 104 valence electrons. The summed E-state index contributed by atoms with van der Waals surface area (Å²) in [4.78, 5) is 22.2. The number of amides is 2. The Morgan fingerprint density at radius 2 is 2.11 bits per heavy atom. The quantitative estimate of drug-likeness (QED) is 0.660. The van der Waals surface area contributed by atoms with Crippen LogP contribution in [-0.4, -0.2) is 36.9 Å². The van der Waals surface area contributed by atoms with Gasteiger partial charge in [-0.3, -0.25) is 4.79 Å². The van der Waals surface area contributed by atoms with Crippen molar-refractivity contribution in [2.75, 3.05) is 19.0 Å². The van der Waals surface area contributed by atoms with E-state index in [9.17, 15) is 9.59 Å². The predicted molar refractivity (Wildman–Crippen MR) is 79.2 cm³/mol. The molecule has 7 heteroatoms. The summed E-state index contributed by atoms with van der Waals surface area (Å²) in [5.74, 6) is -0.966. The minimum absolute atomic E-state index is 0.137. The second kappa shape index (κ2) is 7.95. The number of aliphatic carboxylic acids is 1. The fourth-order valence-electron chi connectivity index (χ4n) is 1.37. The number of halogens is 1. The summed E-state index contributed by atoms with van der Waals surface area (Å²) in [6.45, 7) is 0.137. The van der Waals surface area contributed by atoms with Crippen molar-refractivity contribution >= 4 is 40.3 Å². The van der Waals surface area contributed by atoms with Gasteiger partial charge in [0.1, 0.15) is 0 Å². The van der Waals surface area contributed by atoms with E-state index in [-0.39, 0.29) is 13.0 Å². The average Bonchev–Trinajstić information content (AvgIpc) is 2.37. The second-order valence-electron chi connectivity index (χ2n) is 3.77. The van der Waals surface area contributed by atoms with Gasteiger partial charge in [0.15, 0.2) is 0 Å². The van der Waals surface area contributed by atoms with Crippen molar-refractivity contribution in [3.8, 4) is 0 Å². The van der Waals surface area contributed by atoms with Crippen molar-refractivity contribution in [3.05, 3.63) is 27.8 Å². The highest BCUT2D eigenvalue weighted by atomic mass is 127. The molecule has 0 bridgehead atoms. The van der Waals surface area contributed by atoms with E-state index >= 15 is 0 Å². The van der Waals surface area contributed by atoms with Crippen molar-refractivity contribution in [1.82, 2.24) is 5.32 Å². The number of para-hydroxylation sites is 1. The minimum Gasteiger partial charge on any atom is -0.481 e. The van der Waals surface area contributed by atoms with E-state index in [0.29, 0.717) is 5.69 Å². The van der Waals surface area contributed by atoms with Crippen molar-refractivity contribution < 1.29 is 19.4 Å². The molecule has 19 heavy (non-hydrogen) atoms. The largest absolute Gasteiger partial charge is 0.481 e. The number of nitrogens with one attached hydrogen (secondary N) is 2. The third kappa shape index (κ3) is 5.88. The lowest BCUT2D eigenvalue weighted by molar-refractivity contribution is -0.139. The van der Waals surface area contributed by atoms with Crippen LogP contribution in [0.5, 0.6) is 0 Å². The minimum atomic E-state index is -0.966. The van der Waals surface area contributed by atoms with Crippen LogP contribution >= 0.6 is 22.6 Å². The smallest absolute Gasteiger partial charge is 0.319 e. The molecule has 0 heterocycles. The molecule has 1 aromatic carbocycles. The number of hydrogen-bond acceptors (Lipinski definition) is 3. The third-order valence-electron chi connectivity index (χ3n) is 2.35. The normalized spacial score (nSPS) is 11.7. The number of urea groups is 1. The summed E-state index contributed by atoms with van der Waals surface area (Å²) < 4.78 is 5.88. The van der Waals surface area contributed by atoms with E-state index in [4.69, 9.17) is 9.84 Å². The molecule has 1 rings (SSSR count). The van der Waals surface area contributed by atoms with Crippen molar-refractivity contribution in [3.63, 3.8) is 0 Å². The van der Waals surface area contributed by atoms with E-state index in [1.54, 1.807) is 6.07 Å². The molecule has 2 amide bonds. The number of carboxylic acids is 1. The Kier molecular flexibility index (Phi) is 6.57. The van der Waals surface area contributed by atoms with Gasteiger partial charge < -0.3 is 20.5 Å². The number of carbonyl (C=O) groups excluding carboxylic acids is 1. The standard InChI is InChI=1S/C12H15IN2O4/c1-19-8(6-11(16)17)7-14-12(18)15-10-5-3-2-4-9(10)13/h2-5,8H,6-7H2,1H3,(H,16,17)(H2,14,15,18). The van der Waals surface area contributed by atoms with Gasteiger partial charge in [-0.25, -0.2) is 4.79 Å². The molecule has 0 radical (unpaired) electrons. The molecule has 0 spiro atoms. The van der Waals surface area contributed by atoms with Gasteiger partial charge in [0, 0.05) is 17.2 Å². The Morgan fingerprint density at radius 3 is 2.68 bits per heavy atom. The molecule has 1 atom stereocenters. The lowest BCUT2D eigenvalue weighted by atomic mass is 10.2. The van der Waals surface area contributed by atoms with Gasteiger partial charge in [-0.05, 0) is 34.7 Å². The zero-order valence-corrected chi connectivity index (χ0v) is 12.5. The Bertz CT molecular complexity index is 453. The highest BCUT2D eigenvalue weighted by molar-refractivity contribution is 14.1. The monoisotopic (exact) mass is 378 g/mol. The first-order chi connectivity index (χ1) is 9.02. The lowest BCUT2D eigenvalue weighted by Crippen LogP contribution is -2.37. The van der Waals surface area contributed by atoms with Crippen LogP contribution in [0.1, 0.15) is 6.42 Å². The fourth-order valence-corrected chi connectivity index (χ4v) is 1.89. The Labute approximate surface area is 124 Å². The molecular weight excluding hydrogens is 363 g/mol. The molecule has 0 saturated carbocycles. The maximum Gasteiger partial charge on any atom is 0.319 e. The third-order valence-corrected chi connectivity index (χ3v) is 3.29. The van der Waals surface area contributed by atoms with Gasteiger partial charge in [0.2, 0.25) is 0 Å².